The molecule has 0 aromatic heterocycles. The topological polar surface area (TPSA) is 66.4 Å². The molecule has 1 fully saturated rings. The van der Waals surface area contributed by atoms with Crippen molar-refractivity contribution in [3.05, 3.63) is 35.6 Å². The van der Waals surface area contributed by atoms with E-state index in [-0.39, 0.29) is 18.3 Å². The number of carboxylic acid groups (broad SMARTS) is 1. The molecule has 19 heavy (non-hydrogen) atoms. The van der Waals surface area contributed by atoms with Crippen LogP contribution < -0.4 is 5.32 Å². The first-order valence-electron chi connectivity index (χ1n) is 6.23. The minimum absolute atomic E-state index is 0.0599. The molecular formula is C14H16FNO3. The highest BCUT2D eigenvalue weighted by atomic mass is 19.1. The maximum atomic E-state index is 13.7. The van der Waals surface area contributed by atoms with Gasteiger partial charge in [-0.1, -0.05) is 25.1 Å². The minimum atomic E-state index is -0.962. The highest BCUT2D eigenvalue weighted by molar-refractivity contribution is 5.91. The summed E-state index contributed by atoms with van der Waals surface area (Å²) in [5, 5.41) is 11.4. The predicted octanol–water partition coefficient (Wildman–Crippen LogP) is 1.69. The van der Waals surface area contributed by atoms with Gasteiger partial charge in [-0.25, -0.2) is 4.39 Å². The zero-order valence-corrected chi connectivity index (χ0v) is 10.6. The van der Waals surface area contributed by atoms with Crippen LogP contribution in [0.25, 0.3) is 0 Å². The second kappa shape index (κ2) is 4.99. The Kier molecular flexibility index (Phi) is 3.55. The summed E-state index contributed by atoms with van der Waals surface area (Å²) in [5.74, 6) is -2.29. The number of benzene rings is 1. The Morgan fingerprint density at radius 2 is 2.05 bits per heavy atom. The van der Waals surface area contributed by atoms with Crippen LogP contribution in [0.3, 0.4) is 0 Å². The largest absolute Gasteiger partial charge is 0.481 e. The van der Waals surface area contributed by atoms with E-state index < -0.39 is 17.3 Å². The Hall–Kier alpha value is -1.91. The van der Waals surface area contributed by atoms with E-state index in [9.17, 15) is 14.0 Å². The molecule has 4 nitrogen and oxygen atoms in total. The fourth-order valence-electron chi connectivity index (χ4n) is 2.10. The van der Waals surface area contributed by atoms with Gasteiger partial charge in [0, 0.05) is 12.1 Å². The predicted molar refractivity (Wildman–Crippen MR) is 67.1 cm³/mol. The highest BCUT2D eigenvalue weighted by Crippen LogP contribution is 2.49. The maximum absolute atomic E-state index is 13.7. The van der Waals surface area contributed by atoms with E-state index in [2.05, 4.69) is 5.32 Å². The van der Waals surface area contributed by atoms with Crippen molar-refractivity contribution in [1.29, 1.82) is 0 Å². The van der Waals surface area contributed by atoms with Gasteiger partial charge in [-0.3, -0.25) is 9.59 Å². The van der Waals surface area contributed by atoms with Crippen molar-refractivity contribution in [3.63, 3.8) is 0 Å². The van der Waals surface area contributed by atoms with Gasteiger partial charge in [0.1, 0.15) is 5.82 Å². The van der Waals surface area contributed by atoms with E-state index in [0.29, 0.717) is 18.4 Å². The van der Waals surface area contributed by atoms with Gasteiger partial charge in [0.25, 0.3) is 0 Å². The van der Waals surface area contributed by atoms with Crippen molar-refractivity contribution >= 4 is 11.9 Å². The first-order chi connectivity index (χ1) is 8.97. The Morgan fingerprint density at radius 3 is 2.58 bits per heavy atom. The molecule has 2 rings (SSSR count). The third kappa shape index (κ3) is 2.59. The molecule has 1 aliphatic carbocycles. The van der Waals surface area contributed by atoms with Crippen LogP contribution in [0, 0.1) is 11.7 Å². The first-order valence-corrected chi connectivity index (χ1v) is 6.23. The van der Waals surface area contributed by atoms with E-state index in [0.717, 1.165) is 0 Å². The Labute approximate surface area is 110 Å². The van der Waals surface area contributed by atoms with E-state index in [1.54, 1.807) is 18.2 Å². The summed E-state index contributed by atoms with van der Waals surface area (Å²) in [6, 6.07) is 6.23. The van der Waals surface area contributed by atoms with Crippen LogP contribution in [0.1, 0.15) is 25.3 Å². The van der Waals surface area contributed by atoms with Gasteiger partial charge >= 0.3 is 5.97 Å². The number of aliphatic carboxylic acids is 1. The van der Waals surface area contributed by atoms with Gasteiger partial charge in [0.15, 0.2) is 0 Å². The van der Waals surface area contributed by atoms with Crippen LogP contribution >= 0.6 is 0 Å². The molecule has 1 saturated carbocycles. The number of nitrogens with one attached hydrogen (secondary N) is 1. The van der Waals surface area contributed by atoms with Crippen LogP contribution in [0.2, 0.25) is 0 Å². The Bertz CT molecular complexity index is 511. The zero-order chi connectivity index (χ0) is 14.0. The Morgan fingerprint density at radius 1 is 1.42 bits per heavy atom. The fraction of sp³-hybridized carbons (Fsp3) is 0.429. The fourth-order valence-corrected chi connectivity index (χ4v) is 2.10. The molecule has 1 aliphatic rings. The number of carboxylic acids is 1. The molecule has 1 atom stereocenters. The van der Waals surface area contributed by atoms with E-state index in [4.69, 9.17) is 5.11 Å². The monoisotopic (exact) mass is 265 g/mol. The normalized spacial score (nSPS) is 17.6. The van der Waals surface area contributed by atoms with Gasteiger partial charge < -0.3 is 10.4 Å². The maximum Gasteiger partial charge on any atom is 0.308 e. The van der Waals surface area contributed by atoms with Crippen molar-refractivity contribution in [2.75, 3.05) is 6.54 Å². The van der Waals surface area contributed by atoms with Crippen LogP contribution in [-0.4, -0.2) is 23.5 Å². The highest BCUT2D eigenvalue weighted by Gasteiger charge is 2.52. The lowest BCUT2D eigenvalue weighted by atomic mass is 9.94. The van der Waals surface area contributed by atoms with Crippen molar-refractivity contribution < 1.29 is 19.1 Å². The number of amides is 1. The molecule has 1 aromatic carbocycles. The van der Waals surface area contributed by atoms with Gasteiger partial charge in [-0.2, -0.15) is 0 Å². The van der Waals surface area contributed by atoms with Gasteiger partial charge in [0.05, 0.1) is 11.3 Å². The van der Waals surface area contributed by atoms with E-state index in [1.807, 2.05) is 0 Å². The van der Waals surface area contributed by atoms with E-state index >= 15 is 0 Å². The summed E-state index contributed by atoms with van der Waals surface area (Å²) in [7, 11) is 0. The molecule has 1 unspecified atom stereocenters. The SMILES string of the molecule is CC(CNC(=O)C1(c2ccccc2F)CC1)C(=O)O. The van der Waals surface area contributed by atoms with Crippen LogP contribution in [0.15, 0.2) is 24.3 Å². The summed E-state index contributed by atoms with van der Waals surface area (Å²) < 4.78 is 13.7. The molecule has 0 radical (unpaired) electrons. The number of hydrogen-bond donors (Lipinski definition) is 2. The third-order valence-corrected chi connectivity index (χ3v) is 3.56. The van der Waals surface area contributed by atoms with Crippen molar-refractivity contribution in [1.82, 2.24) is 5.32 Å². The van der Waals surface area contributed by atoms with Crippen molar-refractivity contribution in [2.45, 2.75) is 25.2 Å². The lowest BCUT2D eigenvalue weighted by molar-refractivity contribution is -0.141. The number of carbonyl (C=O) groups excluding carboxylic acids is 1. The van der Waals surface area contributed by atoms with E-state index in [1.165, 1.54) is 13.0 Å². The smallest absolute Gasteiger partial charge is 0.308 e. The minimum Gasteiger partial charge on any atom is -0.481 e. The molecular weight excluding hydrogens is 249 g/mol. The molecule has 0 heterocycles. The number of halogens is 1. The van der Waals surface area contributed by atoms with Crippen molar-refractivity contribution in [2.24, 2.45) is 5.92 Å². The lowest BCUT2D eigenvalue weighted by Gasteiger charge is -2.17. The zero-order valence-electron chi connectivity index (χ0n) is 10.6. The molecule has 2 N–H and O–H groups in total. The second-order valence-corrected chi connectivity index (χ2v) is 5.01. The standard InChI is InChI=1S/C14H16FNO3/c1-9(12(17)18)8-16-13(19)14(6-7-14)10-4-2-3-5-11(10)15/h2-5,9H,6-8H2,1H3,(H,16,19)(H,17,18). The quantitative estimate of drug-likeness (QED) is 0.851. The van der Waals surface area contributed by atoms with Gasteiger partial charge in [-0.15, -0.1) is 0 Å². The van der Waals surface area contributed by atoms with Crippen LogP contribution in [0.4, 0.5) is 4.39 Å². The number of carbonyl (C=O) groups is 2. The molecule has 0 bridgehead atoms. The van der Waals surface area contributed by atoms with Gasteiger partial charge in [0.2, 0.25) is 5.91 Å². The van der Waals surface area contributed by atoms with Crippen LogP contribution in [-0.2, 0) is 15.0 Å². The Balaban J connectivity index is 2.07. The summed E-state index contributed by atoms with van der Waals surface area (Å²) in [4.78, 5) is 22.8. The first kappa shape index (κ1) is 13.5. The van der Waals surface area contributed by atoms with Crippen LogP contribution in [0.5, 0.6) is 0 Å². The summed E-state index contributed by atoms with van der Waals surface area (Å²) >= 11 is 0. The lowest BCUT2D eigenvalue weighted by Crippen LogP contribution is -2.39. The molecule has 0 spiro atoms. The number of rotatable bonds is 5. The summed E-state index contributed by atoms with van der Waals surface area (Å²) in [6.45, 7) is 1.58. The average molecular weight is 265 g/mol. The molecule has 0 saturated heterocycles. The van der Waals surface area contributed by atoms with Crippen molar-refractivity contribution in [3.8, 4) is 0 Å². The molecule has 102 valence electrons. The molecule has 0 aliphatic heterocycles. The number of hydrogen-bond acceptors (Lipinski definition) is 2. The summed E-state index contributed by atoms with van der Waals surface area (Å²) in [6.07, 6.45) is 1.20. The van der Waals surface area contributed by atoms with Gasteiger partial charge in [-0.05, 0) is 18.9 Å². The molecule has 5 heteroatoms. The average Bonchev–Trinajstić information content (AvgIpc) is 3.17. The third-order valence-electron chi connectivity index (χ3n) is 3.56. The second-order valence-electron chi connectivity index (χ2n) is 5.01. The summed E-state index contributed by atoms with van der Waals surface area (Å²) in [5.41, 5.74) is -0.403. The molecule has 1 amide bonds. The molecule has 1 aromatic rings.